The first-order chi connectivity index (χ1) is 11.1. The Hall–Kier alpha value is -0.770. The van der Waals surface area contributed by atoms with Crippen LogP contribution >= 0.6 is 50.2 Å². The fourth-order valence-corrected chi connectivity index (χ4v) is 4.92. The van der Waals surface area contributed by atoms with Gasteiger partial charge in [0.05, 0.1) is 33.5 Å². The van der Waals surface area contributed by atoms with Crippen LogP contribution < -0.4 is 11.1 Å². The van der Waals surface area contributed by atoms with E-state index < -0.39 is 0 Å². The fourth-order valence-electron chi connectivity index (χ4n) is 2.13. The van der Waals surface area contributed by atoms with Gasteiger partial charge in [0.15, 0.2) is 0 Å². The number of pyridine rings is 1. The summed E-state index contributed by atoms with van der Waals surface area (Å²) >= 11 is 12.9. The number of anilines is 1. The first-order valence-corrected chi connectivity index (χ1v) is 9.71. The smallest absolute Gasteiger partial charge is 0.131 e. The van der Waals surface area contributed by atoms with Crippen LogP contribution in [0.3, 0.4) is 0 Å². The van der Waals surface area contributed by atoms with E-state index in [-0.39, 0.29) is 12.6 Å². The Bertz CT molecular complexity index is 809. The number of thiazole rings is 1. The lowest BCUT2D eigenvalue weighted by Crippen LogP contribution is -2.26. The highest BCUT2D eigenvalue weighted by atomic mass is 79.9. The van der Waals surface area contributed by atoms with Gasteiger partial charge in [-0.2, -0.15) is 0 Å². The molecule has 3 heterocycles. The summed E-state index contributed by atoms with van der Waals surface area (Å²) in [4.78, 5) is 9.72. The molecule has 0 aliphatic heterocycles. The van der Waals surface area contributed by atoms with E-state index in [9.17, 15) is 0 Å². The van der Waals surface area contributed by atoms with Crippen molar-refractivity contribution in [1.29, 1.82) is 0 Å². The van der Waals surface area contributed by atoms with Gasteiger partial charge in [-0.25, -0.2) is 9.97 Å². The number of nitrogens with one attached hydrogen (secondary N) is 1. The second-order valence-electron chi connectivity index (χ2n) is 4.94. The largest absolute Gasteiger partial charge is 0.395 e. The molecule has 3 aromatic rings. The standard InChI is InChI=1S/C14H14BrClN4OS2/c15-12-9(3-7(17)6-21)23-14-8(4-10(16)20-13(12)14)19-5-11-18-1-2-22-11/h1-2,4,7,21H,3,5-6,17H2,(H,19,20)/t7-/m1/s1. The lowest BCUT2D eigenvalue weighted by atomic mass is 10.2. The molecule has 0 spiro atoms. The fraction of sp³-hybridized carbons (Fsp3) is 0.286. The van der Waals surface area contributed by atoms with Crippen molar-refractivity contribution < 1.29 is 5.11 Å². The molecule has 0 amide bonds. The van der Waals surface area contributed by atoms with Gasteiger partial charge in [0.2, 0.25) is 0 Å². The first kappa shape index (κ1) is 17.1. The van der Waals surface area contributed by atoms with Gasteiger partial charge in [0, 0.05) is 35.0 Å². The van der Waals surface area contributed by atoms with E-state index in [1.807, 2.05) is 11.4 Å². The number of hydrogen-bond acceptors (Lipinski definition) is 7. The summed E-state index contributed by atoms with van der Waals surface area (Å²) < 4.78 is 1.90. The van der Waals surface area contributed by atoms with Crippen LogP contribution in [0.5, 0.6) is 0 Å². The molecule has 0 radical (unpaired) electrons. The molecule has 0 saturated heterocycles. The van der Waals surface area contributed by atoms with E-state index in [1.165, 1.54) is 0 Å². The third kappa shape index (κ3) is 3.84. The highest BCUT2D eigenvalue weighted by Crippen LogP contribution is 2.40. The number of rotatable bonds is 6. The molecule has 3 rings (SSSR count). The average Bonchev–Trinajstić information content (AvgIpc) is 3.15. The summed E-state index contributed by atoms with van der Waals surface area (Å²) in [6.07, 6.45) is 2.37. The maximum atomic E-state index is 9.16. The van der Waals surface area contributed by atoms with E-state index in [0.29, 0.717) is 18.1 Å². The van der Waals surface area contributed by atoms with Gasteiger partial charge in [-0.15, -0.1) is 22.7 Å². The summed E-state index contributed by atoms with van der Waals surface area (Å²) in [7, 11) is 0. The summed E-state index contributed by atoms with van der Waals surface area (Å²) in [5.74, 6) is 0. The van der Waals surface area contributed by atoms with Crippen LogP contribution in [-0.4, -0.2) is 27.7 Å². The van der Waals surface area contributed by atoms with Gasteiger partial charge < -0.3 is 16.2 Å². The third-order valence-corrected chi connectivity index (χ3v) is 6.54. The van der Waals surface area contributed by atoms with Crippen LogP contribution in [0.4, 0.5) is 5.69 Å². The van der Waals surface area contributed by atoms with Crippen molar-refractivity contribution in [1.82, 2.24) is 9.97 Å². The van der Waals surface area contributed by atoms with E-state index in [0.717, 1.165) is 30.3 Å². The molecule has 0 aliphatic rings. The Morgan fingerprint density at radius 3 is 3.00 bits per heavy atom. The summed E-state index contributed by atoms with van der Waals surface area (Å²) in [6.45, 7) is 0.581. The number of hydrogen-bond donors (Lipinski definition) is 3. The van der Waals surface area contributed by atoms with Crippen molar-refractivity contribution in [2.45, 2.75) is 19.0 Å². The lowest BCUT2D eigenvalue weighted by Gasteiger charge is -2.06. The Morgan fingerprint density at radius 1 is 1.48 bits per heavy atom. The SMILES string of the molecule is N[C@@H](CO)Cc1sc2c(NCc3nccs3)cc(Cl)nc2c1Br. The lowest BCUT2D eigenvalue weighted by molar-refractivity contribution is 0.265. The topological polar surface area (TPSA) is 84.1 Å². The van der Waals surface area contributed by atoms with Crippen LogP contribution in [0.1, 0.15) is 9.88 Å². The number of fused-ring (bicyclic) bond motifs is 1. The second-order valence-corrected chi connectivity index (χ2v) is 8.20. The maximum Gasteiger partial charge on any atom is 0.131 e. The summed E-state index contributed by atoms with van der Waals surface area (Å²) in [6, 6.07) is 1.53. The predicted molar refractivity (Wildman–Crippen MR) is 101 cm³/mol. The quantitative estimate of drug-likeness (QED) is 0.517. The number of aliphatic hydroxyl groups is 1. The Balaban J connectivity index is 1.95. The number of aliphatic hydroxyl groups excluding tert-OH is 1. The van der Waals surface area contributed by atoms with Crippen molar-refractivity contribution >= 4 is 66.1 Å². The zero-order chi connectivity index (χ0) is 16.4. The van der Waals surface area contributed by atoms with E-state index in [4.69, 9.17) is 22.4 Å². The second kappa shape index (κ2) is 7.42. The van der Waals surface area contributed by atoms with Crippen LogP contribution in [0.25, 0.3) is 10.2 Å². The van der Waals surface area contributed by atoms with Crippen LogP contribution in [0.2, 0.25) is 5.15 Å². The third-order valence-electron chi connectivity index (χ3n) is 3.22. The number of aromatic nitrogens is 2. The van der Waals surface area contributed by atoms with Crippen LogP contribution in [-0.2, 0) is 13.0 Å². The molecular weight excluding hydrogens is 420 g/mol. The minimum Gasteiger partial charge on any atom is -0.395 e. The zero-order valence-electron chi connectivity index (χ0n) is 11.9. The van der Waals surface area contributed by atoms with Crippen molar-refractivity contribution in [3.63, 3.8) is 0 Å². The molecule has 1 atom stereocenters. The number of nitrogens with two attached hydrogens (primary N) is 1. The van der Waals surface area contributed by atoms with Gasteiger partial charge in [-0.05, 0) is 15.9 Å². The van der Waals surface area contributed by atoms with Gasteiger partial charge in [0.1, 0.15) is 10.2 Å². The van der Waals surface area contributed by atoms with Crippen molar-refractivity contribution in [3.8, 4) is 0 Å². The molecular formula is C14H14BrClN4OS2. The normalized spacial score (nSPS) is 12.7. The zero-order valence-corrected chi connectivity index (χ0v) is 15.9. The molecule has 0 fully saturated rings. The minimum absolute atomic E-state index is 0.0516. The Labute approximate surface area is 154 Å². The number of nitrogens with zero attached hydrogens (tertiary/aromatic N) is 2. The van der Waals surface area contributed by atoms with Crippen LogP contribution in [0, 0.1) is 0 Å². The molecule has 0 unspecified atom stereocenters. The Kier molecular flexibility index (Phi) is 5.50. The molecule has 0 aliphatic carbocycles. The molecule has 0 saturated carbocycles. The van der Waals surface area contributed by atoms with Gasteiger partial charge in [0.25, 0.3) is 0 Å². The predicted octanol–water partition coefficient (Wildman–Crippen LogP) is 3.64. The van der Waals surface area contributed by atoms with Crippen molar-refractivity contribution in [3.05, 3.63) is 37.2 Å². The van der Waals surface area contributed by atoms with E-state index >= 15 is 0 Å². The number of thiophene rings is 1. The van der Waals surface area contributed by atoms with E-state index in [2.05, 4.69) is 31.2 Å². The van der Waals surface area contributed by atoms with Gasteiger partial charge >= 0.3 is 0 Å². The molecule has 0 aromatic carbocycles. The van der Waals surface area contributed by atoms with Crippen molar-refractivity contribution in [2.24, 2.45) is 5.73 Å². The molecule has 3 aromatic heterocycles. The maximum absolute atomic E-state index is 9.16. The van der Waals surface area contributed by atoms with E-state index in [1.54, 1.807) is 28.9 Å². The average molecular weight is 434 g/mol. The van der Waals surface area contributed by atoms with Crippen LogP contribution in [0.15, 0.2) is 22.1 Å². The highest BCUT2D eigenvalue weighted by Gasteiger charge is 2.17. The number of halogens is 2. The minimum atomic E-state index is -0.290. The molecule has 122 valence electrons. The molecule has 0 bridgehead atoms. The monoisotopic (exact) mass is 432 g/mol. The molecule has 5 nitrogen and oxygen atoms in total. The summed E-state index contributed by atoms with van der Waals surface area (Å²) in [5.41, 5.74) is 7.58. The molecule has 9 heteroatoms. The molecule has 23 heavy (non-hydrogen) atoms. The Morgan fingerprint density at radius 2 is 2.30 bits per heavy atom. The van der Waals surface area contributed by atoms with Crippen molar-refractivity contribution in [2.75, 3.05) is 11.9 Å². The first-order valence-electron chi connectivity index (χ1n) is 6.84. The molecule has 4 N–H and O–H groups in total. The van der Waals surface area contributed by atoms with Gasteiger partial charge in [-0.1, -0.05) is 11.6 Å². The van der Waals surface area contributed by atoms with Gasteiger partial charge in [-0.3, -0.25) is 0 Å². The highest BCUT2D eigenvalue weighted by molar-refractivity contribution is 9.10. The summed E-state index contributed by atoms with van der Waals surface area (Å²) in [5, 5.41) is 15.9.